The van der Waals surface area contributed by atoms with Crippen LogP contribution in [0.25, 0.3) is 0 Å². The first-order chi connectivity index (χ1) is 18.1. The number of nitrogens with zero attached hydrogens (tertiary/aromatic N) is 4. The highest BCUT2D eigenvalue weighted by atomic mass is 32.2. The molecular weight excluding hydrogens is 522 g/mol. The Morgan fingerprint density at radius 3 is 2.38 bits per heavy atom. The smallest absolute Gasteiger partial charge is 0.272 e. The molecule has 1 saturated carbocycles. The molecule has 3 N–H and O–H groups in total. The standard InChI is InChI=1S/C27H35N5O6S/c1-25(2,36)15-32-22-20(21(30-32)23(34)29-14-19-7-5-18(13-28)6-8-19)9-12-31(24(22)35)16-27(10-11-27)39(37,38)26(3,4)17-33/h5-8,33,36H,9-12,14-17H2,1-4H3,(H,29,34). The fraction of sp³-hybridized carbons (Fsp3) is 0.556. The van der Waals surface area contributed by atoms with Crippen molar-refractivity contribution >= 4 is 21.7 Å². The molecule has 1 aliphatic heterocycles. The van der Waals surface area contributed by atoms with Crippen LogP contribution in [0, 0.1) is 11.3 Å². The van der Waals surface area contributed by atoms with Gasteiger partial charge < -0.3 is 20.4 Å². The molecule has 1 aromatic heterocycles. The number of fused-ring (bicyclic) bond motifs is 1. The maximum absolute atomic E-state index is 13.7. The van der Waals surface area contributed by atoms with Gasteiger partial charge in [0.1, 0.15) is 5.69 Å². The number of sulfone groups is 1. The second-order valence-corrected chi connectivity index (χ2v) is 14.7. The van der Waals surface area contributed by atoms with E-state index in [4.69, 9.17) is 5.26 Å². The Morgan fingerprint density at radius 1 is 1.21 bits per heavy atom. The van der Waals surface area contributed by atoms with E-state index in [0.29, 0.717) is 30.4 Å². The molecule has 12 heteroatoms. The van der Waals surface area contributed by atoms with Crippen molar-refractivity contribution in [3.8, 4) is 6.07 Å². The Bertz CT molecular complexity index is 1430. The summed E-state index contributed by atoms with van der Waals surface area (Å²) in [6.45, 7) is 5.95. The molecule has 39 heavy (non-hydrogen) atoms. The molecule has 2 heterocycles. The maximum atomic E-state index is 13.7. The molecule has 0 radical (unpaired) electrons. The highest BCUT2D eigenvalue weighted by molar-refractivity contribution is 7.94. The van der Waals surface area contributed by atoms with Gasteiger partial charge in [0, 0.05) is 25.2 Å². The van der Waals surface area contributed by atoms with Gasteiger partial charge in [-0.1, -0.05) is 12.1 Å². The summed E-state index contributed by atoms with van der Waals surface area (Å²) in [6, 6.07) is 8.83. The normalized spacial score (nSPS) is 16.9. The summed E-state index contributed by atoms with van der Waals surface area (Å²) >= 11 is 0. The lowest BCUT2D eigenvalue weighted by Gasteiger charge is -2.34. The third-order valence-electron chi connectivity index (χ3n) is 7.42. The maximum Gasteiger partial charge on any atom is 0.272 e. The lowest BCUT2D eigenvalue weighted by atomic mass is 10.0. The largest absolute Gasteiger partial charge is 0.395 e. The van der Waals surface area contributed by atoms with Gasteiger partial charge in [0.2, 0.25) is 0 Å². The minimum absolute atomic E-state index is 0.00897. The van der Waals surface area contributed by atoms with Crippen molar-refractivity contribution in [1.82, 2.24) is 20.0 Å². The number of carbonyl (C=O) groups is 2. The van der Waals surface area contributed by atoms with Gasteiger partial charge in [-0.15, -0.1) is 0 Å². The van der Waals surface area contributed by atoms with Crippen molar-refractivity contribution in [2.75, 3.05) is 19.7 Å². The molecule has 1 aliphatic carbocycles. The van der Waals surface area contributed by atoms with E-state index in [1.54, 1.807) is 38.1 Å². The van der Waals surface area contributed by atoms with Gasteiger partial charge in [-0.05, 0) is 64.7 Å². The molecule has 0 unspecified atom stereocenters. The van der Waals surface area contributed by atoms with Crippen molar-refractivity contribution < 1.29 is 28.2 Å². The monoisotopic (exact) mass is 557 g/mol. The Balaban J connectivity index is 1.60. The van der Waals surface area contributed by atoms with Gasteiger partial charge in [-0.2, -0.15) is 10.4 Å². The number of amides is 2. The van der Waals surface area contributed by atoms with Gasteiger partial charge in [-0.3, -0.25) is 14.3 Å². The van der Waals surface area contributed by atoms with E-state index in [0.717, 1.165) is 5.56 Å². The number of rotatable bonds is 10. The summed E-state index contributed by atoms with van der Waals surface area (Å²) in [5.41, 5.74) is 0.781. The van der Waals surface area contributed by atoms with Crippen LogP contribution in [-0.2, 0) is 29.3 Å². The molecule has 0 bridgehead atoms. The van der Waals surface area contributed by atoms with Gasteiger partial charge >= 0.3 is 0 Å². The number of benzene rings is 1. The number of hydrogen-bond donors (Lipinski definition) is 3. The molecule has 0 spiro atoms. The second-order valence-electron chi connectivity index (χ2n) is 11.7. The number of nitriles is 1. The second kappa shape index (κ2) is 10.0. The zero-order valence-electron chi connectivity index (χ0n) is 22.7. The van der Waals surface area contributed by atoms with Crippen LogP contribution >= 0.6 is 0 Å². The van der Waals surface area contributed by atoms with Crippen LogP contribution in [0.2, 0.25) is 0 Å². The third-order valence-corrected chi connectivity index (χ3v) is 10.7. The average Bonchev–Trinajstić information content (AvgIpc) is 3.59. The number of aromatic nitrogens is 2. The van der Waals surface area contributed by atoms with E-state index in [1.807, 2.05) is 6.07 Å². The minimum atomic E-state index is -3.75. The highest BCUT2D eigenvalue weighted by Gasteiger charge is 2.60. The lowest BCUT2D eigenvalue weighted by Crippen LogP contribution is -2.51. The first-order valence-electron chi connectivity index (χ1n) is 12.9. The summed E-state index contributed by atoms with van der Waals surface area (Å²) in [5.74, 6) is -0.917. The van der Waals surface area contributed by atoms with E-state index in [1.165, 1.54) is 23.4 Å². The highest BCUT2D eigenvalue weighted by Crippen LogP contribution is 2.49. The number of aliphatic hydroxyl groups excluding tert-OH is 1. The lowest BCUT2D eigenvalue weighted by molar-refractivity contribution is 0.0535. The molecular formula is C27H35N5O6S. The van der Waals surface area contributed by atoms with Crippen molar-refractivity contribution in [3.63, 3.8) is 0 Å². The van der Waals surface area contributed by atoms with Crippen molar-refractivity contribution in [3.05, 3.63) is 52.3 Å². The predicted molar refractivity (Wildman–Crippen MR) is 143 cm³/mol. The molecule has 2 amide bonds. The van der Waals surface area contributed by atoms with Crippen LogP contribution in [0.1, 0.15) is 78.2 Å². The fourth-order valence-corrected chi connectivity index (χ4v) is 7.23. The molecule has 0 saturated heterocycles. The van der Waals surface area contributed by atoms with Crippen LogP contribution in [0.15, 0.2) is 24.3 Å². The zero-order chi connectivity index (χ0) is 28.8. The Hall–Kier alpha value is -3.27. The number of aliphatic hydroxyl groups is 2. The van der Waals surface area contributed by atoms with E-state index >= 15 is 0 Å². The summed E-state index contributed by atoms with van der Waals surface area (Å²) in [5, 5.41) is 36.4. The van der Waals surface area contributed by atoms with Crippen molar-refractivity contribution in [2.24, 2.45) is 0 Å². The molecule has 210 valence electrons. The molecule has 0 atom stereocenters. The molecule has 4 rings (SSSR count). The summed E-state index contributed by atoms with van der Waals surface area (Å²) < 4.78 is 25.6. The zero-order valence-corrected chi connectivity index (χ0v) is 23.5. The van der Waals surface area contributed by atoms with Crippen LogP contribution in [-0.4, -0.2) is 79.9 Å². The van der Waals surface area contributed by atoms with E-state index < -0.39 is 43.4 Å². The predicted octanol–water partition coefficient (Wildman–Crippen LogP) is 1.17. The number of nitrogens with one attached hydrogen (secondary N) is 1. The third kappa shape index (κ3) is 5.44. The van der Waals surface area contributed by atoms with Gasteiger partial charge in [0.25, 0.3) is 11.8 Å². The van der Waals surface area contributed by atoms with Gasteiger partial charge in [-0.25, -0.2) is 8.42 Å². The first kappa shape index (κ1) is 28.7. The Morgan fingerprint density at radius 2 is 1.85 bits per heavy atom. The average molecular weight is 558 g/mol. The van der Waals surface area contributed by atoms with Gasteiger partial charge in [0.05, 0.1) is 39.9 Å². The van der Waals surface area contributed by atoms with Gasteiger partial charge in [0.15, 0.2) is 15.5 Å². The van der Waals surface area contributed by atoms with E-state index in [9.17, 15) is 28.2 Å². The molecule has 2 aromatic rings. The first-order valence-corrected chi connectivity index (χ1v) is 14.4. The summed E-state index contributed by atoms with van der Waals surface area (Å²) in [6.07, 6.45) is 1.11. The van der Waals surface area contributed by atoms with Crippen LogP contribution < -0.4 is 5.32 Å². The Labute approximate surface area is 228 Å². The van der Waals surface area contributed by atoms with Crippen molar-refractivity contribution in [1.29, 1.82) is 5.26 Å². The van der Waals surface area contributed by atoms with Crippen LogP contribution in [0.4, 0.5) is 0 Å². The molecule has 11 nitrogen and oxygen atoms in total. The molecule has 2 aliphatic rings. The summed E-state index contributed by atoms with van der Waals surface area (Å²) in [7, 11) is -3.75. The number of hydrogen-bond acceptors (Lipinski definition) is 8. The quantitative estimate of drug-likeness (QED) is 0.392. The Kier molecular flexibility index (Phi) is 7.40. The number of carbonyl (C=O) groups excluding carboxylic acids is 2. The molecule has 1 aromatic carbocycles. The van der Waals surface area contributed by atoms with Crippen LogP contribution in [0.5, 0.6) is 0 Å². The van der Waals surface area contributed by atoms with E-state index in [-0.39, 0.29) is 37.6 Å². The summed E-state index contributed by atoms with van der Waals surface area (Å²) in [4.78, 5) is 28.4. The minimum Gasteiger partial charge on any atom is -0.395 e. The molecule has 1 fully saturated rings. The van der Waals surface area contributed by atoms with Crippen LogP contribution in [0.3, 0.4) is 0 Å². The van der Waals surface area contributed by atoms with E-state index in [2.05, 4.69) is 10.4 Å². The fourth-order valence-electron chi connectivity index (χ4n) is 4.92. The topological polar surface area (TPSA) is 166 Å². The SMILES string of the molecule is CC(C)(O)Cn1nc(C(=O)NCc2ccc(C#N)cc2)c2c1C(=O)N(CC1(S(=O)(=O)C(C)(C)CO)CC1)CC2. The van der Waals surface area contributed by atoms with Crippen molar-refractivity contribution in [2.45, 2.75) is 75.1 Å².